The number of para-hydroxylation sites is 1. The molecule has 0 radical (unpaired) electrons. The minimum Gasteiger partial charge on any atom is -0.300 e. The predicted molar refractivity (Wildman–Crippen MR) is 106 cm³/mol. The van der Waals surface area contributed by atoms with Crippen LogP contribution in [0.1, 0.15) is 10.4 Å². The van der Waals surface area contributed by atoms with Crippen molar-refractivity contribution in [1.29, 1.82) is 0 Å². The highest BCUT2D eigenvalue weighted by Crippen LogP contribution is 2.21. The highest BCUT2D eigenvalue weighted by atomic mass is 32.1. The number of hydrogen-bond donors (Lipinski definition) is 1. The number of aromatic nitrogens is 3. The van der Waals surface area contributed by atoms with E-state index in [4.69, 9.17) is 0 Å². The van der Waals surface area contributed by atoms with E-state index in [9.17, 15) is 9.59 Å². The first-order valence-electron chi connectivity index (χ1n) is 8.42. The van der Waals surface area contributed by atoms with Gasteiger partial charge in [0.15, 0.2) is 5.13 Å². The van der Waals surface area contributed by atoms with E-state index in [0.717, 1.165) is 11.3 Å². The Labute approximate surface area is 159 Å². The molecule has 134 valence electrons. The zero-order valence-electron chi connectivity index (χ0n) is 14.3. The first-order valence-corrected chi connectivity index (χ1v) is 9.23. The predicted octanol–water partition coefficient (Wildman–Crippen LogP) is 3.08. The standard InChI is InChI=1S/C20H16N4O2S/c25-18(12-24-13-22-17-9-5-4-8-16(17)19(24)26)23-20-21-11-15(27-20)10-14-6-2-1-3-7-14/h1-9,11,13H,10,12H2,(H,21,23,25). The second-order valence-electron chi connectivity index (χ2n) is 6.04. The number of nitrogens with one attached hydrogen (secondary N) is 1. The van der Waals surface area contributed by atoms with Crippen LogP contribution in [0.25, 0.3) is 10.9 Å². The molecule has 2 aromatic heterocycles. The van der Waals surface area contributed by atoms with Crippen molar-refractivity contribution in [1.82, 2.24) is 14.5 Å². The molecule has 0 aliphatic carbocycles. The summed E-state index contributed by atoms with van der Waals surface area (Å²) in [6.45, 7) is -0.107. The highest BCUT2D eigenvalue weighted by Gasteiger charge is 2.10. The molecule has 0 bridgehead atoms. The molecule has 2 heterocycles. The van der Waals surface area contributed by atoms with Crippen molar-refractivity contribution in [3.63, 3.8) is 0 Å². The molecule has 1 amide bonds. The minimum absolute atomic E-state index is 0.107. The summed E-state index contributed by atoms with van der Waals surface area (Å²) in [5.41, 5.74) is 1.57. The van der Waals surface area contributed by atoms with Crippen molar-refractivity contribution in [2.45, 2.75) is 13.0 Å². The van der Waals surface area contributed by atoms with Gasteiger partial charge >= 0.3 is 0 Å². The summed E-state index contributed by atoms with van der Waals surface area (Å²) in [7, 11) is 0. The lowest BCUT2D eigenvalue weighted by molar-refractivity contribution is -0.116. The summed E-state index contributed by atoms with van der Waals surface area (Å²) >= 11 is 1.43. The molecular weight excluding hydrogens is 360 g/mol. The topological polar surface area (TPSA) is 76.9 Å². The number of benzene rings is 2. The first kappa shape index (κ1) is 17.1. The van der Waals surface area contributed by atoms with Crippen LogP contribution in [-0.4, -0.2) is 20.4 Å². The molecule has 1 N–H and O–H groups in total. The Morgan fingerprint density at radius 1 is 1.04 bits per heavy atom. The highest BCUT2D eigenvalue weighted by molar-refractivity contribution is 7.15. The second kappa shape index (κ2) is 7.51. The smallest absolute Gasteiger partial charge is 0.261 e. The Bertz CT molecular complexity index is 1150. The Balaban J connectivity index is 1.44. The average molecular weight is 376 g/mol. The van der Waals surface area contributed by atoms with E-state index in [0.29, 0.717) is 16.0 Å². The molecule has 0 atom stereocenters. The van der Waals surface area contributed by atoms with Gasteiger partial charge < -0.3 is 5.32 Å². The van der Waals surface area contributed by atoms with Gasteiger partial charge in [-0.1, -0.05) is 42.5 Å². The molecule has 0 unspecified atom stereocenters. The SMILES string of the molecule is O=C(Cn1cnc2ccccc2c1=O)Nc1ncc(Cc2ccccc2)s1. The van der Waals surface area contributed by atoms with E-state index in [1.165, 1.54) is 27.8 Å². The van der Waals surface area contributed by atoms with Crippen molar-refractivity contribution < 1.29 is 4.79 Å². The van der Waals surface area contributed by atoms with Gasteiger partial charge in [0.25, 0.3) is 5.56 Å². The number of amides is 1. The number of rotatable bonds is 5. The Hall–Kier alpha value is -3.32. The van der Waals surface area contributed by atoms with Gasteiger partial charge in [0, 0.05) is 17.5 Å². The molecule has 0 aliphatic rings. The molecule has 7 heteroatoms. The van der Waals surface area contributed by atoms with Crippen LogP contribution in [0.3, 0.4) is 0 Å². The second-order valence-corrected chi connectivity index (χ2v) is 7.15. The zero-order chi connectivity index (χ0) is 18.6. The zero-order valence-corrected chi connectivity index (χ0v) is 15.1. The van der Waals surface area contributed by atoms with Gasteiger partial charge in [-0.25, -0.2) is 9.97 Å². The summed E-state index contributed by atoms with van der Waals surface area (Å²) in [6, 6.07) is 17.1. The van der Waals surface area contributed by atoms with Crippen molar-refractivity contribution in [3.05, 3.63) is 87.9 Å². The average Bonchev–Trinajstić information content (AvgIpc) is 3.11. The maximum Gasteiger partial charge on any atom is 0.261 e. The fourth-order valence-electron chi connectivity index (χ4n) is 2.78. The molecule has 4 aromatic rings. The number of carbonyl (C=O) groups is 1. The number of carbonyl (C=O) groups excluding carboxylic acids is 1. The molecule has 0 saturated carbocycles. The summed E-state index contributed by atoms with van der Waals surface area (Å²) in [4.78, 5) is 34.3. The van der Waals surface area contributed by atoms with Crippen LogP contribution in [-0.2, 0) is 17.8 Å². The molecule has 0 aliphatic heterocycles. The number of fused-ring (bicyclic) bond motifs is 1. The summed E-state index contributed by atoms with van der Waals surface area (Å²) in [5, 5.41) is 3.77. The quantitative estimate of drug-likeness (QED) is 0.581. The van der Waals surface area contributed by atoms with Crippen LogP contribution in [0.4, 0.5) is 5.13 Å². The fraction of sp³-hybridized carbons (Fsp3) is 0.100. The van der Waals surface area contributed by atoms with E-state index >= 15 is 0 Å². The first-order chi connectivity index (χ1) is 13.2. The van der Waals surface area contributed by atoms with Gasteiger partial charge in [-0.15, -0.1) is 11.3 Å². The van der Waals surface area contributed by atoms with Crippen molar-refractivity contribution in [2.24, 2.45) is 0 Å². The molecule has 27 heavy (non-hydrogen) atoms. The molecule has 0 fully saturated rings. The number of anilines is 1. The van der Waals surface area contributed by atoms with Crippen molar-refractivity contribution >= 4 is 33.3 Å². The molecule has 6 nitrogen and oxygen atoms in total. The normalized spacial score (nSPS) is 10.8. The van der Waals surface area contributed by atoms with Crippen molar-refractivity contribution in [3.8, 4) is 0 Å². The summed E-state index contributed by atoms with van der Waals surface area (Å²) < 4.78 is 1.30. The summed E-state index contributed by atoms with van der Waals surface area (Å²) in [6.07, 6.45) is 3.92. The van der Waals surface area contributed by atoms with E-state index in [-0.39, 0.29) is 18.0 Å². The third-order valence-corrected chi connectivity index (χ3v) is 4.98. The van der Waals surface area contributed by atoms with Gasteiger partial charge in [-0.05, 0) is 17.7 Å². The third kappa shape index (κ3) is 3.93. The number of hydrogen-bond acceptors (Lipinski definition) is 5. The van der Waals surface area contributed by atoms with Crippen LogP contribution in [0, 0.1) is 0 Å². The van der Waals surface area contributed by atoms with E-state index < -0.39 is 0 Å². The lowest BCUT2D eigenvalue weighted by atomic mass is 10.1. The van der Waals surface area contributed by atoms with E-state index in [1.807, 2.05) is 24.3 Å². The third-order valence-electron chi connectivity index (χ3n) is 4.07. The van der Waals surface area contributed by atoms with Gasteiger partial charge in [-0.2, -0.15) is 0 Å². The largest absolute Gasteiger partial charge is 0.300 e. The van der Waals surface area contributed by atoms with Gasteiger partial charge in [0.05, 0.1) is 17.2 Å². The Kier molecular flexibility index (Phi) is 4.76. The molecule has 0 spiro atoms. The van der Waals surface area contributed by atoms with Gasteiger partial charge in [0.2, 0.25) is 5.91 Å². The number of thiazole rings is 1. The van der Waals surface area contributed by atoms with Crippen LogP contribution >= 0.6 is 11.3 Å². The lowest BCUT2D eigenvalue weighted by Gasteiger charge is -2.06. The van der Waals surface area contributed by atoms with E-state index in [1.54, 1.807) is 24.4 Å². The summed E-state index contributed by atoms with van der Waals surface area (Å²) in [5.74, 6) is -0.310. The van der Waals surface area contributed by atoms with E-state index in [2.05, 4.69) is 27.4 Å². The Morgan fingerprint density at radius 2 is 1.81 bits per heavy atom. The van der Waals surface area contributed by atoms with Crippen LogP contribution in [0.5, 0.6) is 0 Å². The van der Waals surface area contributed by atoms with Crippen LogP contribution < -0.4 is 10.9 Å². The van der Waals surface area contributed by atoms with Crippen LogP contribution in [0.15, 0.2) is 71.9 Å². The van der Waals surface area contributed by atoms with Gasteiger partial charge in [-0.3, -0.25) is 14.2 Å². The monoisotopic (exact) mass is 376 g/mol. The minimum atomic E-state index is -0.310. The molecular formula is C20H16N4O2S. The number of nitrogens with zero attached hydrogens (tertiary/aromatic N) is 3. The molecule has 2 aromatic carbocycles. The molecule has 0 saturated heterocycles. The maximum absolute atomic E-state index is 12.5. The van der Waals surface area contributed by atoms with Gasteiger partial charge in [0.1, 0.15) is 6.54 Å². The molecule has 4 rings (SSSR count). The van der Waals surface area contributed by atoms with Crippen LogP contribution in [0.2, 0.25) is 0 Å². The van der Waals surface area contributed by atoms with Crippen molar-refractivity contribution in [2.75, 3.05) is 5.32 Å². The fourth-order valence-corrected chi connectivity index (χ4v) is 3.64. The maximum atomic E-state index is 12.5. The Morgan fingerprint density at radius 3 is 2.67 bits per heavy atom. The lowest BCUT2D eigenvalue weighted by Crippen LogP contribution is -2.27.